The monoisotopic (exact) mass is 411 g/mol. The van der Waals surface area contributed by atoms with Gasteiger partial charge in [0, 0.05) is 5.56 Å². The number of benzene rings is 1. The van der Waals surface area contributed by atoms with Crippen molar-refractivity contribution in [3.05, 3.63) is 58.5 Å². The highest BCUT2D eigenvalue weighted by Gasteiger charge is 2.17. The molecule has 28 heavy (non-hydrogen) atoms. The lowest BCUT2D eigenvalue weighted by molar-refractivity contribution is 0.0563. The number of hydrogen-bond donors (Lipinski definition) is 0. The van der Waals surface area contributed by atoms with Gasteiger partial charge in [-0.15, -0.1) is 21.5 Å². The SMILES string of the molecule is COC(=O)c1ccc(CSc2nnc(-c3ccc(C)cc3)c3sc(C)nc23)o1. The number of ether oxygens (including phenoxy) is 1. The van der Waals surface area contributed by atoms with Crippen LogP contribution in [-0.2, 0) is 10.5 Å². The first-order valence-corrected chi connectivity index (χ1v) is 10.4. The molecule has 8 heteroatoms. The molecular formula is C20H17N3O3S2. The van der Waals surface area contributed by atoms with E-state index in [0.717, 1.165) is 31.5 Å². The molecule has 4 rings (SSSR count). The Balaban J connectivity index is 1.63. The Morgan fingerprint density at radius 1 is 1.14 bits per heavy atom. The molecule has 0 saturated heterocycles. The molecule has 3 aromatic heterocycles. The smallest absolute Gasteiger partial charge is 0.373 e. The predicted molar refractivity (Wildman–Crippen MR) is 110 cm³/mol. The summed E-state index contributed by atoms with van der Waals surface area (Å²) in [6.45, 7) is 4.04. The Hall–Kier alpha value is -2.71. The number of methoxy groups -OCH3 is 1. The normalized spacial score (nSPS) is 11.1. The first kappa shape index (κ1) is 18.6. The minimum Gasteiger partial charge on any atom is -0.463 e. The van der Waals surface area contributed by atoms with E-state index in [0.29, 0.717) is 11.5 Å². The predicted octanol–water partition coefficient (Wildman–Crippen LogP) is 5.04. The number of nitrogens with zero attached hydrogens (tertiary/aromatic N) is 3. The number of carbonyl (C=O) groups is 1. The molecule has 0 unspecified atom stereocenters. The van der Waals surface area contributed by atoms with Gasteiger partial charge in [-0.3, -0.25) is 0 Å². The summed E-state index contributed by atoms with van der Waals surface area (Å²) in [6, 6.07) is 11.6. The highest BCUT2D eigenvalue weighted by atomic mass is 32.2. The lowest BCUT2D eigenvalue weighted by Gasteiger charge is -2.05. The number of fused-ring (bicyclic) bond motifs is 1. The number of carbonyl (C=O) groups excluding carboxylic acids is 1. The maximum absolute atomic E-state index is 11.5. The third kappa shape index (κ3) is 3.65. The zero-order chi connectivity index (χ0) is 19.7. The van der Waals surface area contributed by atoms with Crippen LogP contribution in [0.2, 0.25) is 0 Å². The summed E-state index contributed by atoms with van der Waals surface area (Å²) < 4.78 is 11.2. The lowest BCUT2D eigenvalue weighted by Crippen LogP contribution is -1.98. The quantitative estimate of drug-likeness (QED) is 0.336. The second-order valence-corrected chi connectivity index (χ2v) is 8.34. The molecule has 3 heterocycles. The number of hydrogen-bond acceptors (Lipinski definition) is 8. The fraction of sp³-hybridized carbons (Fsp3) is 0.200. The number of aryl methyl sites for hydroxylation is 2. The van der Waals surface area contributed by atoms with Gasteiger partial charge >= 0.3 is 5.97 Å². The van der Waals surface area contributed by atoms with Crippen LogP contribution in [0.3, 0.4) is 0 Å². The van der Waals surface area contributed by atoms with Crippen molar-refractivity contribution in [3.8, 4) is 11.3 Å². The molecule has 0 amide bonds. The summed E-state index contributed by atoms with van der Waals surface area (Å²) in [5.41, 5.74) is 3.91. The summed E-state index contributed by atoms with van der Waals surface area (Å²) >= 11 is 3.09. The van der Waals surface area contributed by atoms with Crippen molar-refractivity contribution in [2.24, 2.45) is 0 Å². The molecule has 6 nitrogen and oxygen atoms in total. The molecule has 0 aliphatic heterocycles. The van der Waals surface area contributed by atoms with Gasteiger partial charge in [0.1, 0.15) is 22.0 Å². The van der Waals surface area contributed by atoms with Crippen molar-refractivity contribution in [1.29, 1.82) is 0 Å². The molecule has 1 aromatic carbocycles. The summed E-state index contributed by atoms with van der Waals surface area (Å²) in [5.74, 6) is 0.876. The van der Waals surface area contributed by atoms with Crippen LogP contribution in [0.15, 0.2) is 45.8 Å². The zero-order valence-electron chi connectivity index (χ0n) is 15.6. The zero-order valence-corrected chi connectivity index (χ0v) is 17.2. The minimum absolute atomic E-state index is 0.188. The first-order valence-electron chi connectivity index (χ1n) is 8.56. The van der Waals surface area contributed by atoms with Crippen LogP contribution < -0.4 is 0 Å². The number of aromatic nitrogens is 3. The van der Waals surface area contributed by atoms with Gasteiger partial charge in [0.2, 0.25) is 5.76 Å². The molecule has 142 valence electrons. The van der Waals surface area contributed by atoms with Crippen LogP contribution in [-0.4, -0.2) is 28.3 Å². The molecule has 0 saturated carbocycles. The average Bonchev–Trinajstić information content (AvgIpc) is 3.32. The van der Waals surface area contributed by atoms with E-state index in [1.807, 2.05) is 6.92 Å². The van der Waals surface area contributed by atoms with E-state index in [2.05, 4.69) is 51.1 Å². The summed E-state index contributed by atoms with van der Waals surface area (Å²) in [6.07, 6.45) is 0. The van der Waals surface area contributed by atoms with Crippen LogP contribution in [0.25, 0.3) is 21.5 Å². The number of rotatable bonds is 5. The summed E-state index contributed by atoms with van der Waals surface area (Å²) in [7, 11) is 1.33. The molecule has 0 atom stereocenters. The lowest BCUT2D eigenvalue weighted by atomic mass is 10.1. The minimum atomic E-state index is -0.490. The molecule has 0 aliphatic carbocycles. The molecule has 0 radical (unpaired) electrons. The van der Waals surface area contributed by atoms with E-state index in [4.69, 9.17) is 4.42 Å². The molecular weight excluding hydrogens is 394 g/mol. The number of furan rings is 1. The van der Waals surface area contributed by atoms with E-state index < -0.39 is 5.97 Å². The van der Waals surface area contributed by atoms with Gasteiger partial charge in [-0.2, -0.15) is 0 Å². The third-order valence-corrected chi connectivity index (χ3v) is 6.07. The van der Waals surface area contributed by atoms with Gasteiger partial charge in [-0.05, 0) is 26.0 Å². The Kier molecular flexibility index (Phi) is 5.15. The molecule has 0 N–H and O–H groups in total. The average molecular weight is 412 g/mol. The molecule has 0 bridgehead atoms. The Morgan fingerprint density at radius 2 is 1.93 bits per heavy atom. The maximum Gasteiger partial charge on any atom is 0.373 e. The Bertz CT molecular complexity index is 1150. The summed E-state index contributed by atoms with van der Waals surface area (Å²) in [5, 5.41) is 10.6. The summed E-state index contributed by atoms with van der Waals surface area (Å²) in [4.78, 5) is 16.2. The van der Waals surface area contributed by atoms with Crippen LogP contribution in [0.1, 0.15) is 26.9 Å². The molecule has 0 spiro atoms. The van der Waals surface area contributed by atoms with Gasteiger partial charge in [-0.1, -0.05) is 41.6 Å². The van der Waals surface area contributed by atoms with E-state index in [1.165, 1.54) is 24.4 Å². The van der Waals surface area contributed by atoms with Crippen molar-refractivity contribution in [2.45, 2.75) is 24.6 Å². The van der Waals surface area contributed by atoms with Crippen LogP contribution in [0.4, 0.5) is 0 Å². The maximum atomic E-state index is 11.5. The topological polar surface area (TPSA) is 78.1 Å². The number of esters is 1. The second-order valence-electron chi connectivity index (χ2n) is 6.18. The fourth-order valence-electron chi connectivity index (χ4n) is 2.72. The van der Waals surface area contributed by atoms with Gasteiger partial charge in [0.25, 0.3) is 0 Å². The van der Waals surface area contributed by atoms with Crippen LogP contribution >= 0.6 is 23.1 Å². The highest BCUT2D eigenvalue weighted by molar-refractivity contribution is 7.98. The van der Waals surface area contributed by atoms with Crippen molar-refractivity contribution < 1.29 is 13.9 Å². The second kappa shape index (κ2) is 7.73. The van der Waals surface area contributed by atoms with Gasteiger partial charge in [0.05, 0.1) is 22.6 Å². The van der Waals surface area contributed by atoms with Crippen molar-refractivity contribution >= 4 is 39.3 Å². The molecule has 0 fully saturated rings. The van der Waals surface area contributed by atoms with Gasteiger partial charge in [-0.25, -0.2) is 9.78 Å². The number of thioether (sulfide) groups is 1. The molecule has 0 aliphatic rings. The van der Waals surface area contributed by atoms with Gasteiger partial charge < -0.3 is 9.15 Å². The van der Waals surface area contributed by atoms with Crippen LogP contribution in [0, 0.1) is 13.8 Å². The first-order chi connectivity index (χ1) is 13.5. The Labute approximate surface area is 170 Å². The van der Waals surface area contributed by atoms with Crippen LogP contribution in [0.5, 0.6) is 0 Å². The Morgan fingerprint density at radius 3 is 2.68 bits per heavy atom. The largest absolute Gasteiger partial charge is 0.463 e. The number of thiazole rings is 1. The van der Waals surface area contributed by atoms with E-state index in [1.54, 1.807) is 23.5 Å². The van der Waals surface area contributed by atoms with E-state index in [-0.39, 0.29) is 5.76 Å². The third-order valence-electron chi connectivity index (χ3n) is 4.12. The molecule has 4 aromatic rings. The highest BCUT2D eigenvalue weighted by Crippen LogP contribution is 2.36. The van der Waals surface area contributed by atoms with E-state index in [9.17, 15) is 4.79 Å². The van der Waals surface area contributed by atoms with E-state index >= 15 is 0 Å². The van der Waals surface area contributed by atoms with Crippen molar-refractivity contribution in [2.75, 3.05) is 7.11 Å². The van der Waals surface area contributed by atoms with Crippen molar-refractivity contribution in [1.82, 2.24) is 15.2 Å². The fourth-order valence-corrected chi connectivity index (χ4v) is 4.53. The van der Waals surface area contributed by atoms with Crippen molar-refractivity contribution in [3.63, 3.8) is 0 Å². The van der Waals surface area contributed by atoms with Gasteiger partial charge in [0.15, 0.2) is 0 Å². The standard InChI is InChI=1S/C20H17N3O3S2/c1-11-4-6-13(7-5-11)16-18-17(21-12(2)28-18)19(23-22-16)27-10-14-8-9-15(26-14)20(24)25-3/h4-9H,10H2,1-3H3.